The first kappa shape index (κ1) is 14.5. The summed E-state index contributed by atoms with van der Waals surface area (Å²) in [6.45, 7) is 3.57. The van der Waals surface area contributed by atoms with Crippen LogP contribution in [0.1, 0.15) is 29.3 Å². The van der Waals surface area contributed by atoms with Crippen molar-refractivity contribution in [2.45, 2.75) is 20.3 Å². The Morgan fingerprint density at radius 2 is 2.00 bits per heavy atom. The quantitative estimate of drug-likeness (QED) is 0.789. The van der Waals surface area contributed by atoms with Crippen molar-refractivity contribution in [1.82, 2.24) is 0 Å². The summed E-state index contributed by atoms with van der Waals surface area (Å²) < 4.78 is 10.5. The van der Waals surface area contributed by atoms with Gasteiger partial charge >= 0.3 is 0 Å². The summed E-state index contributed by atoms with van der Waals surface area (Å²) in [7, 11) is 3.10. The molecule has 1 atom stereocenters. The van der Waals surface area contributed by atoms with Gasteiger partial charge in [0.1, 0.15) is 11.5 Å². The fraction of sp³-hybridized carbons (Fsp3) is 0.500. The summed E-state index contributed by atoms with van der Waals surface area (Å²) in [5.74, 6) is 0.723. The van der Waals surface area contributed by atoms with E-state index in [1.165, 1.54) is 7.11 Å². The fourth-order valence-electron chi connectivity index (χ4n) is 1.97. The molecule has 0 amide bonds. The van der Waals surface area contributed by atoms with Crippen molar-refractivity contribution in [3.63, 3.8) is 0 Å². The molecule has 1 N–H and O–H groups in total. The van der Waals surface area contributed by atoms with E-state index in [9.17, 15) is 9.90 Å². The minimum absolute atomic E-state index is 0.0948. The predicted octanol–water partition coefficient (Wildman–Crippen LogP) is 2.21. The van der Waals surface area contributed by atoms with Crippen LogP contribution in [-0.2, 0) is 0 Å². The maximum Gasteiger partial charge on any atom is 0.171 e. The van der Waals surface area contributed by atoms with Crippen LogP contribution in [0.25, 0.3) is 0 Å². The van der Waals surface area contributed by atoms with Gasteiger partial charge < -0.3 is 14.6 Å². The molecular formula is C14H20O4. The molecule has 0 aromatic heterocycles. The van der Waals surface area contributed by atoms with Crippen molar-refractivity contribution in [2.24, 2.45) is 5.92 Å². The van der Waals surface area contributed by atoms with Gasteiger partial charge in [0.2, 0.25) is 0 Å². The van der Waals surface area contributed by atoms with Gasteiger partial charge in [-0.05, 0) is 25.5 Å². The maximum absolute atomic E-state index is 12.3. The third-order valence-electron chi connectivity index (χ3n) is 3.13. The molecule has 4 heteroatoms. The van der Waals surface area contributed by atoms with Crippen molar-refractivity contribution in [3.05, 3.63) is 23.3 Å². The zero-order chi connectivity index (χ0) is 13.7. The Morgan fingerprint density at radius 3 is 2.44 bits per heavy atom. The standard InChI is InChI=1S/C14H20O4/c1-5-10(8-15)13(16)11-6-7-12(17-3)9(2)14(11)18-4/h6-7,10,15H,5,8H2,1-4H3. The molecule has 0 fully saturated rings. The van der Waals surface area contributed by atoms with Crippen molar-refractivity contribution in [3.8, 4) is 11.5 Å². The van der Waals surface area contributed by atoms with E-state index in [1.54, 1.807) is 19.2 Å². The molecule has 18 heavy (non-hydrogen) atoms. The molecule has 0 aliphatic carbocycles. The first-order valence-electron chi connectivity index (χ1n) is 5.97. The molecule has 1 aromatic carbocycles. The van der Waals surface area contributed by atoms with Crippen LogP contribution in [-0.4, -0.2) is 31.7 Å². The van der Waals surface area contributed by atoms with E-state index in [-0.39, 0.29) is 18.3 Å². The van der Waals surface area contributed by atoms with E-state index in [1.807, 2.05) is 13.8 Å². The average Bonchev–Trinajstić information content (AvgIpc) is 2.39. The highest BCUT2D eigenvalue weighted by Gasteiger charge is 2.23. The minimum atomic E-state index is -0.383. The monoisotopic (exact) mass is 252 g/mol. The third-order valence-corrected chi connectivity index (χ3v) is 3.13. The summed E-state index contributed by atoms with van der Waals surface area (Å²) in [5.41, 5.74) is 1.29. The van der Waals surface area contributed by atoms with Gasteiger partial charge in [-0.15, -0.1) is 0 Å². The maximum atomic E-state index is 12.3. The van der Waals surface area contributed by atoms with E-state index in [4.69, 9.17) is 9.47 Å². The van der Waals surface area contributed by atoms with Gasteiger partial charge in [-0.3, -0.25) is 4.79 Å². The van der Waals surface area contributed by atoms with Gasteiger partial charge in [0.25, 0.3) is 0 Å². The average molecular weight is 252 g/mol. The third kappa shape index (κ3) is 2.64. The van der Waals surface area contributed by atoms with Crippen LogP contribution >= 0.6 is 0 Å². The molecule has 1 aromatic rings. The molecule has 1 rings (SSSR count). The first-order chi connectivity index (χ1) is 8.60. The number of aliphatic hydroxyl groups excluding tert-OH is 1. The smallest absolute Gasteiger partial charge is 0.171 e. The molecule has 0 heterocycles. The van der Waals surface area contributed by atoms with E-state index in [0.29, 0.717) is 23.5 Å². The lowest BCUT2D eigenvalue weighted by Gasteiger charge is -2.16. The second kappa shape index (κ2) is 6.40. The zero-order valence-electron chi connectivity index (χ0n) is 11.3. The molecule has 0 aliphatic heterocycles. The number of methoxy groups -OCH3 is 2. The molecule has 0 bridgehead atoms. The van der Waals surface area contributed by atoms with Gasteiger partial charge in [0, 0.05) is 11.5 Å². The van der Waals surface area contributed by atoms with Gasteiger partial charge in [-0.25, -0.2) is 0 Å². The molecule has 0 saturated heterocycles. The van der Waals surface area contributed by atoms with Gasteiger partial charge in [-0.1, -0.05) is 6.92 Å². The Hall–Kier alpha value is -1.55. The number of carbonyl (C=O) groups excluding carboxylic acids is 1. The minimum Gasteiger partial charge on any atom is -0.496 e. The van der Waals surface area contributed by atoms with Gasteiger partial charge in [0.05, 0.1) is 26.4 Å². The summed E-state index contributed by atoms with van der Waals surface area (Å²) >= 11 is 0. The first-order valence-corrected chi connectivity index (χ1v) is 5.97. The summed E-state index contributed by atoms with van der Waals surface area (Å²) in [5, 5.41) is 9.21. The Kier molecular flexibility index (Phi) is 5.16. The molecule has 0 spiro atoms. The number of rotatable bonds is 6. The highest BCUT2D eigenvalue weighted by atomic mass is 16.5. The van der Waals surface area contributed by atoms with Crippen LogP contribution in [0, 0.1) is 12.8 Å². The summed E-state index contributed by atoms with van der Waals surface area (Å²) in [4.78, 5) is 12.3. The second-order valence-corrected chi connectivity index (χ2v) is 4.13. The lowest BCUT2D eigenvalue weighted by molar-refractivity contribution is 0.0853. The lowest BCUT2D eigenvalue weighted by Crippen LogP contribution is -2.19. The Bertz CT molecular complexity index is 422. The van der Waals surface area contributed by atoms with Crippen molar-refractivity contribution in [2.75, 3.05) is 20.8 Å². The Labute approximate surface area is 108 Å². The van der Waals surface area contributed by atoms with Crippen molar-refractivity contribution >= 4 is 5.78 Å². The number of carbonyl (C=O) groups is 1. The van der Waals surface area contributed by atoms with Crippen LogP contribution in [0.5, 0.6) is 11.5 Å². The molecule has 100 valence electrons. The number of aliphatic hydroxyl groups is 1. The van der Waals surface area contributed by atoms with Crippen molar-refractivity contribution < 1.29 is 19.4 Å². The highest BCUT2D eigenvalue weighted by molar-refractivity contribution is 6.01. The van der Waals surface area contributed by atoms with E-state index < -0.39 is 0 Å². The second-order valence-electron chi connectivity index (χ2n) is 4.13. The topological polar surface area (TPSA) is 55.8 Å². The summed E-state index contributed by atoms with van der Waals surface area (Å²) in [6.07, 6.45) is 0.601. The van der Waals surface area contributed by atoms with Gasteiger partial charge in [0.15, 0.2) is 5.78 Å². The van der Waals surface area contributed by atoms with E-state index in [0.717, 1.165) is 5.56 Å². The van der Waals surface area contributed by atoms with Gasteiger partial charge in [-0.2, -0.15) is 0 Å². The number of Topliss-reactive ketones (excluding diaryl/α,β-unsaturated/α-hetero) is 1. The van der Waals surface area contributed by atoms with Crippen LogP contribution in [0.2, 0.25) is 0 Å². The highest BCUT2D eigenvalue weighted by Crippen LogP contribution is 2.32. The van der Waals surface area contributed by atoms with Crippen molar-refractivity contribution in [1.29, 1.82) is 0 Å². The van der Waals surface area contributed by atoms with Crippen LogP contribution in [0.3, 0.4) is 0 Å². The van der Waals surface area contributed by atoms with Crippen LogP contribution < -0.4 is 9.47 Å². The molecule has 0 aliphatic rings. The number of hydrogen-bond donors (Lipinski definition) is 1. The van der Waals surface area contributed by atoms with Crippen LogP contribution in [0.15, 0.2) is 12.1 Å². The lowest BCUT2D eigenvalue weighted by atomic mass is 9.94. The number of ether oxygens (including phenoxy) is 2. The summed E-state index contributed by atoms with van der Waals surface area (Å²) in [6, 6.07) is 3.43. The largest absolute Gasteiger partial charge is 0.496 e. The molecular weight excluding hydrogens is 232 g/mol. The number of ketones is 1. The molecule has 0 saturated carbocycles. The predicted molar refractivity (Wildman–Crippen MR) is 69.5 cm³/mol. The molecule has 4 nitrogen and oxygen atoms in total. The fourth-order valence-corrected chi connectivity index (χ4v) is 1.97. The normalized spacial score (nSPS) is 12.1. The SMILES string of the molecule is CCC(CO)C(=O)c1ccc(OC)c(C)c1OC. The number of hydrogen-bond acceptors (Lipinski definition) is 4. The van der Waals surface area contributed by atoms with Crippen LogP contribution in [0.4, 0.5) is 0 Å². The Morgan fingerprint density at radius 1 is 1.33 bits per heavy atom. The number of benzene rings is 1. The molecule has 0 radical (unpaired) electrons. The van der Waals surface area contributed by atoms with E-state index >= 15 is 0 Å². The Balaban J connectivity index is 3.24. The molecule has 1 unspecified atom stereocenters. The van der Waals surface area contributed by atoms with E-state index in [2.05, 4.69) is 0 Å². The zero-order valence-corrected chi connectivity index (χ0v) is 11.3.